The smallest absolute Gasteiger partial charge is 0.109 e. The first-order valence-electron chi connectivity index (χ1n) is 6.27. The number of aliphatic hydroxyl groups excluding tert-OH is 1. The van der Waals surface area contributed by atoms with Crippen molar-refractivity contribution in [3.63, 3.8) is 0 Å². The van der Waals surface area contributed by atoms with Crippen LogP contribution < -0.4 is 5.32 Å². The topological polar surface area (TPSA) is 50.1 Å². The van der Waals surface area contributed by atoms with E-state index in [4.69, 9.17) is 4.98 Å². The molecular formula is C12H19N3O. The van der Waals surface area contributed by atoms with E-state index < -0.39 is 0 Å². The van der Waals surface area contributed by atoms with Crippen molar-refractivity contribution < 1.29 is 5.11 Å². The minimum Gasteiger partial charge on any atom is -0.391 e. The molecule has 2 aliphatic rings. The standard InChI is InChI=1S/C12H19N3O/c16-10-3-4-12-14-11(8-15(12)7-10)9-2-1-5-13-6-9/h8-10,13,16H,1-7H2. The largest absolute Gasteiger partial charge is 0.391 e. The first-order chi connectivity index (χ1) is 7.83. The molecule has 1 aromatic rings. The molecule has 0 amide bonds. The van der Waals surface area contributed by atoms with Crippen molar-refractivity contribution in [3.05, 3.63) is 17.7 Å². The highest BCUT2D eigenvalue weighted by Crippen LogP contribution is 2.24. The fraction of sp³-hybridized carbons (Fsp3) is 0.750. The van der Waals surface area contributed by atoms with Gasteiger partial charge < -0.3 is 15.0 Å². The van der Waals surface area contributed by atoms with Crippen LogP contribution in [0.1, 0.15) is 36.7 Å². The lowest BCUT2D eigenvalue weighted by Crippen LogP contribution is -2.28. The Kier molecular flexibility index (Phi) is 2.69. The molecule has 1 saturated heterocycles. The second kappa shape index (κ2) is 4.18. The van der Waals surface area contributed by atoms with E-state index in [0.717, 1.165) is 38.3 Å². The molecule has 16 heavy (non-hydrogen) atoms. The van der Waals surface area contributed by atoms with Crippen LogP contribution in [-0.2, 0) is 13.0 Å². The summed E-state index contributed by atoms with van der Waals surface area (Å²) in [5.41, 5.74) is 1.22. The van der Waals surface area contributed by atoms with E-state index in [0.29, 0.717) is 5.92 Å². The normalized spacial score (nSPS) is 30.1. The zero-order valence-electron chi connectivity index (χ0n) is 9.52. The molecule has 0 spiro atoms. The van der Waals surface area contributed by atoms with Crippen LogP contribution in [0.5, 0.6) is 0 Å². The summed E-state index contributed by atoms with van der Waals surface area (Å²) in [4.78, 5) is 4.72. The molecule has 0 saturated carbocycles. The van der Waals surface area contributed by atoms with Crippen LogP contribution in [0.2, 0.25) is 0 Å². The van der Waals surface area contributed by atoms with Crippen LogP contribution >= 0.6 is 0 Å². The molecule has 4 heteroatoms. The van der Waals surface area contributed by atoms with Gasteiger partial charge in [0.05, 0.1) is 11.8 Å². The molecule has 0 aromatic carbocycles. The number of aromatic nitrogens is 2. The molecule has 2 unspecified atom stereocenters. The molecule has 0 bridgehead atoms. The Morgan fingerprint density at radius 2 is 2.38 bits per heavy atom. The van der Waals surface area contributed by atoms with Gasteiger partial charge in [-0.1, -0.05) is 0 Å². The lowest BCUT2D eigenvalue weighted by molar-refractivity contribution is 0.130. The van der Waals surface area contributed by atoms with E-state index in [1.165, 1.54) is 18.5 Å². The Labute approximate surface area is 95.7 Å². The van der Waals surface area contributed by atoms with E-state index >= 15 is 0 Å². The molecule has 2 N–H and O–H groups in total. The molecule has 4 nitrogen and oxygen atoms in total. The maximum atomic E-state index is 9.61. The van der Waals surface area contributed by atoms with Crippen molar-refractivity contribution in [2.24, 2.45) is 0 Å². The lowest BCUT2D eigenvalue weighted by Gasteiger charge is -2.20. The first-order valence-corrected chi connectivity index (χ1v) is 6.27. The van der Waals surface area contributed by atoms with E-state index in [2.05, 4.69) is 16.1 Å². The molecule has 0 aliphatic carbocycles. The van der Waals surface area contributed by atoms with Crippen LogP contribution in [0.15, 0.2) is 6.20 Å². The zero-order valence-corrected chi connectivity index (χ0v) is 9.52. The monoisotopic (exact) mass is 221 g/mol. The van der Waals surface area contributed by atoms with Gasteiger partial charge in [-0.2, -0.15) is 0 Å². The maximum absolute atomic E-state index is 9.61. The van der Waals surface area contributed by atoms with E-state index in [-0.39, 0.29) is 6.10 Å². The second-order valence-electron chi connectivity index (χ2n) is 4.97. The third-order valence-corrected chi connectivity index (χ3v) is 3.70. The van der Waals surface area contributed by atoms with Crippen molar-refractivity contribution in [2.45, 2.75) is 44.2 Å². The fourth-order valence-electron chi connectivity index (χ4n) is 2.75. The molecule has 88 valence electrons. The minimum atomic E-state index is -0.181. The number of hydrogen-bond donors (Lipinski definition) is 2. The number of rotatable bonds is 1. The first kappa shape index (κ1) is 10.3. The number of nitrogens with one attached hydrogen (secondary N) is 1. The van der Waals surface area contributed by atoms with Gasteiger partial charge in [-0.3, -0.25) is 0 Å². The summed E-state index contributed by atoms with van der Waals surface area (Å²) in [6.07, 6.45) is 6.23. The highest BCUT2D eigenvalue weighted by atomic mass is 16.3. The van der Waals surface area contributed by atoms with Gasteiger partial charge in [-0.15, -0.1) is 0 Å². The van der Waals surface area contributed by atoms with E-state index in [1.54, 1.807) is 0 Å². The van der Waals surface area contributed by atoms with Crippen LogP contribution in [0.4, 0.5) is 0 Å². The minimum absolute atomic E-state index is 0.181. The number of aryl methyl sites for hydroxylation is 1. The number of imidazole rings is 1. The highest BCUT2D eigenvalue weighted by Gasteiger charge is 2.23. The Morgan fingerprint density at radius 1 is 1.44 bits per heavy atom. The lowest BCUT2D eigenvalue weighted by atomic mass is 9.97. The average molecular weight is 221 g/mol. The quantitative estimate of drug-likeness (QED) is 0.732. The summed E-state index contributed by atoms with van der Waals surface area (Å²) in [6, 6.07) is 0. The molecule has 3 heterocycles. The van der Waals surface area contributed by atoms with Gasteiger partial charge >= 0.3 is 0 Å². The summed E-state index contributed by atoms with van der Waals surface area (Å²) >= 11 is 0. The summed E-state index contributed by atoms with van der Waals surface area (Å²) in [6.45, 7) is 2.92. The second-order valence-corrected chi connectivity index (χ2v) is 4.97. The summed E-state index contributed by atoms with van der Waals surface area (Å²) in [5, 5.41) is 13.0. The predicted octanol–water partition coefficient (Wildman–Crippen LogP) is 0.657. The number of piperidine rings is 1. The Hall–Kier alpha value is -0.870. The number of aliphatic hydroxyl groups is 1. The Bertz CT molecular complexity index is 368. The van der Waals surface area contributed by atoms with Gasteiger partial charge in [0.15, 0.2) is 0 Å². The number of fused-ring (bicyclic) bond motifs is 1. The summed E-state index contributed by atoms with van der Waals surface area (Å²) in [7, 11) is 0. The van der Waals surface area contributed by atoms with Gasteiger partial charge in [-0.05, 0) is 25.8 Å². The van der Waals surface area contributed by atoms with E-state index in [9.17, 15) is 5.11 Å². The third-order valence-electron chi connectivity index (χ3n) is 3.70. The van der Waals surface area contributed by atoms with Gasteiger partial charge in [0, 0.05) is 31.6 Å². The van der Waals surface area contributed by atoms with Gasteiger partial charge in [0.1, 0.15) is 5.82 Å². The van der Waals surface area contributed by atoms with Gasteiger partial charge in [0.2, 0.25) is 0 Å². The third kappa shape index (κ3) is 1.87. The van der Waals surface area contributed by atoms with Crippen molar-refractivity contribution >= 4 is 0 Å². The molecule has 0 radical (unpaired) electrons. The zero-order chi connectivity index (χ0) is 11.0. The molecule has 1 aromatic heterocycles. The van der Waals surface area contributed by atoms with Crippen molar-refractivity contribution in [1.29, 1.82) is 0 Å². The fourth-order valence-corrected chi connectivity index (χ4v) is 2.75. The molecular weight excluding hydrogens is 202 g/mol. The molecule has 2 atom stereocenters. The molecule has 3 rings (SSSR count). The average Bonchev–Trinajstić information content (AvgIpc) is 2.73. The SMILES string of the molecule is OC1CCc2nc(C3CCCNC3)cn2C1. The Morgan fingerprint density at radius 3 is 3.19 bits per heavy atom. The molecule has 1 fully saturated rings. The van der Waals surface area contributed by atoms with Gasteiger partial charge in [0.25, 0.3) is 0 Å². The summed E-state index contributed by atoms with van der Waals surface area (Å²) < 4.78 is 2.14. The van der Waals surface area contributed by atoms with Crippen LogP contribution in [0, 0.1) is 0 Å². The van der Waals surface area contributed by atoms with Crippen molar-refractivity contribution in [2.75, 3.05) is 13.1 Å². The summed E-state index contributed by atoms with van der Waals surface area (Å²) in [5.74, 6) is 1.73. The van der Waals surface area contributed by atoms with Crippen LogP contribution in [0.3, 0.4) is 0 Å². The number of hydrogen-bond acceptors (Lipinski definition) is 3. The predicted molar refractivity (Wildman–Crippen MR) is 61.4 cm³/mol. The van der Waals surface area contributed by atoms with Gasteiger partial charge in [-0.25, -0.2) is 4.98 Å². The molecule has 2 aliphatic heterocycles. The number of nitrogens with zero attached hydrogens (tertiary/aromatic N) is 2. The van der Waals surface area contributed by atoms with Crippen molar-refractivity contribution in [1.82, 2.24) is 14.9 Å². The maximum Gasteiger partial charge on any atom is 0.109 e. The van der Waals surface area contributed by atoms with E-state index in [1.807, 2.05) is 0 Å². The van der Waals surface area contributed by atoms with Crippen LogP contribution in [0.25, 0.3) is 0 Å². The Balaban J connectivity index is 1.80. The highest BCUT2D eigenvalue weighted by molar-refractivity contribution is 5.13. The van der Waals surface area contributed by atoms with Crippen LogP contribution in [-0.4, -0.2) is 33.9 Å². The van der Waals surface area contributed by atoms with Crippen molar-refractivity contribution in [3.8, 4) is 0 Å².